The lowest BCUT2D eigenvalue weighted by Gasteiger charge is -2.36. The van der Waals surface area contributed by atoms with Gasteiger partial charge in [-0.3, -0.25) is 10.1 Å². The van der Waals surface area contributed by atoms with Gasteiger partial charge in [0.15, 0.2) is 0 Å². The van der Waals surface area contributed by atoms with Crippen LogP contribution in [0.15, 0.2) is 29.0 Å². The molecule has 0 unspecified atom stereocenters. The van der Waals surface area contributed by atoms with Crippen LogP contribution >= 0.6 is 15.9 Å². The number of nitrogens with one attached hydrogen (secondary N) is 1. The summed E-state index contributed by atoms with van der Waals surface area (Å²) in [6, 6.07) is 3.39. The van der Waals surface area contributed by atoms with Gasteiger partial charge in [-0.05, 0) is 35.5 Å². The molecule has 0 saturated carbocycles. The van der Waals surface area contributed by atoms with Crippen LogP contribution in [0.1, 0.15) is 12.5 Å². The van der Waals surface area contributed by atoms with Crippen molar-refractivity contribution < 1.29 is 4.92 Å². The average molecular weight is 421 g/mol. The molecule has 0 amide bonds. The van der Waals surface area contributed by atoms with Crippen LogP contribution in [0.25, 0.3) is 0 Å². The summed E-state index contributed by atoms with van der Waals surface area (Å²) in [5.74, 6) is 0.326. The van der Waals surface area contributed by atoms with E-state index in [9.17, 15) is 10.1 Å². The number of hydrogen-bond acceptors (Lipinski definition) is 7. The Morgan fingerprint density at radius 2 is 1.88 bits per heavy atom. The first-order valence-electron chi connectivity index (χ1n) is 8.49. The number of halogens is 1. The van der Waals surface area contributed by atoms with Gasteiger partial charge in [0.25, 0.3) is 5.69 Å². The van der Waals surface area contributed by atoms with E-state index in [-0.39, 0.29) is 10.6 Å². The largest absolute Gasteiger partial charge is 0.369 e. The monoisotopic (exact) mass is 420 g/mol. The summed E-state index contributed by atoms with van der Waals surface area (Å²) in [7, 11) is 0. The van der Waals surface area contributed by atoms with Gasteiger partial charge in [0, 0.05) is 55.9 Å². The minimum atomic E-state index is -0.382. The summed E-state index contributed by atoms with van der Waals surface area (Å²) >= 11 is 3.29. The molecular formula is C17H21BrN6O2. The topological polar surface area (TPSA) is 87.4 Å². The third-order valence-corrected chi connectivity index (χ3v) is 5.04. The molecule has 8 nitrogen and oxygen atoms in total. The molecule has 1 saturated heterocycles. The van der Waals surface area contributed by atoms with E-state index in [1.165, 1.54) is 0 Å². The fraction of sp³-hybridized carbons (Fsp3) is 0.412. The van der Waals surface area contributed by atoms with Crippen molar-refractivity contribution in [3.8, 4) is 0 Å². The summed E-state index contributed by atoms with van der Waals surface area (Å²) in [4.78, 5) is 24.1. The molecule has 1 aliphatic heterocycles. The van der Waals surface area contributed by atoms with Gasteiger partial charge >= 0.3 is 0 Å². The van der Waals surface area contributed by atoms with Crippen LogP contribution in [0, 0.1) is 17.0 Å². The highest BCUT2D eigenvalue weighted by Gasteiger charge is 2.24. The number of aromatic nitrogens is 2. The summed E-state index contributed by atoms with van der Waals surface area (Å²) in [6.07, 6.45) is 3.20. The summed E-state index contributed by atoms with van der Waals surface area (Å²) in [5.41, 5.74) is 2.29. The second-order valence-electron chi connectivity index (χ2n) is 6.13. The first-order valence-corrected chi connectivity index (χ1v) is 9.28. The molecule has 1 aromatic carbocycles. The zero-order valence-corrected chi connectivity index (χ0v) is 16.4. The molecule has 2 aromatic rings. The zero-order valence-electron chi connectivity index (χ0n) is 14.8. The smallest absolute Gasteiger partial charge is 0.293 e. The summed E-state index contributed by atoms with van der Waals surface area (Å²) in [5, 5.41) is 14.5. The van der Waals surface area contributed by atoms with Crippen LogP contribution in [0.3, 0.4) is 0 Å². The van der Waals surface area contributed by atoms with E-state index in [4.69, 9.17) is 0 Å². The summed E-state index contributed by atoms with van der Waals surface area (Å²) < 4.78 is 0.747. The van der Waals surface area contributed by atoms with Crippen molar-refractivity contribution in [3.63, 3.8) is 0 Å². The highest BCUT2D eigenvalue weighted by molar-refractivity contribution is 9.10. The van der Waals surface area contributed by atoms with Crippen molar-refractivity contribution in [2.75, 3.05) is 42.9 Å². The predicted molar refractivity (Wildman–Crippen MR) is 105 cm³/mol. The Bertz CT molecular complexity index is 791. The van der Waals surface area contributed by atoms with Gasteiger partial charge in [-0.25, -0.2) is 9.97 Å². The van der Waals surface area contributed by atoms with E-state index in [0.717, 1.165) is 48.4 Å². The van der Waals surface area contributed by atoms with E-state index in [1.807, 2.05) is 13.0 Å². The lowest BCUT2D eigenvalue weighted by Crippen LogP contribution is -2.46. The number of hydrogen-bond donors (Lipinski definition) is 1. The number of piperazine rings is 1. The average Bonchev–Trinajstić information content (AvgIpc) is 2.65. The normalized spacial score (nSPS) is 15.1. The van der Waals surface area contributed by atoms with E-state index in [2.05, 4.69) is 47.9 Å². The maximum Gasteiger partial charge on any atom is 0.293 e. The van der Waals surface area contributed by atoms with Crippen molar-refractivity contribution in [1.29, 1.82) is 0 Å². The molecule has 2 heterocycles. The second-order valence-corrected chi connectivity index (χ2v) is 7.05. The van der Waals surface area contributed by atoms with Gasteiger partial charge in [0.2, 0.25) is 5.95 Å². The van der Waals surface area contributed by atoms with Crippen LogP contribution < -0.4 is 10.2 Å². The van der Waals surface area contributed by atoms with Gasteiger partial charge in [-0.15, -0.1) is 0 Å². The van der Waals surface area contributed by atoms with E-state index in [1.54, 1.807) is 18.5 Å². The molecule has 0 bridgehead atoms. The van der Waals surface area contributed by atoms with Gasteiger partial charge in [-0.1, -0.05) is 6.92 Å². The van der Waals surface area contributed by atoms with Crippen molar-refractivity contribution >= 4 is 38.9 Å². The van der Waals surface area contributed by atoms with Crippen molar-refractivity contribution in [1.82, 2.24) is 14.9 Å². The molecule has 0 radical (unpaired) electrons. The van der Waals surface area contributed by atoms with Crippen LogP contribution in [0.5, 0.6) is 0 Å². The maximum atomic E-state index is 11.5. The number of nitro benzene ring substituents is 1. The molecule has 9 heteroatoms. The van der Waals surface area contributed by atoms with Crippen LogP contribution in [0.4, 0.5) is 23.0 Å². The van der Waals surface area contributed by atoms with Crippen molar-refractivity contribution in [3.05, 3.63) is 44.7 Å². The lowest BCUT2D eigenvalue weighted by atomic mass is 10.1. The van der Waals surface area contributed by atoms with E-state index >= 15 is 0 Å². The van der Waals surface area contributed by atoms with Gasteiger partial charge in [0.05, 0.1) is 9.40 Å². The van der Waals surface area contributed by atoms with Crippen LogP contribution in [0.2, 0.25) is 0 Å². The van der Waals surface area contributed by atoms with Crippen molar-refractivity contribution in [2.45, 2.75) is 13.8 Å². The second kappa shape index (κ2) is 7.96. The van der Waals surface area contributed by atoms with Gasteiger partial charge in [0.1, 0.15) is 5.69 Å². The summed E-state index contributed by atoms with van der Waals surface area (Å²) in [6.45, 7) is 8.89. The number of nitro groups is 1. The molecule has 3 rings (SSSR count). The Morgan fingerprint density at radius 1 is 1.23 bits per heavy atom. The third-order valence-electron chi connectivity index (χ3n) is 4.63. The Balaban J connectivity index is 1.93. The van der Waals surface area contributed by atoms with Gasteiger partial charge in [-0.2, -0.15) is 0 Å². The van der Waals surface area contributed by atoms with E-state index < -0.39 is 0 Å². The number of benzene rings is 1. The fourth-order valence-electron chi connectivity index (χ4n) is 3.13. The molecule has 0 spiro atoms. The molecule has 0 aliphatic carbocycles. The maximum absolute atomic E-state index is 11.5. The molecule has 0 atom stereocenters. The standard InChI is InChI=1S/C17H21BrN6O2/c1-3-22-6-8-23(9-7-22)14-4-5-15(24(25)26)16(12(14)2)21-17-19-10-13(18)11-20-17/h4-5,10-11H,3,6-9H2,1-2H3,(H,19,20,21). The van der Waals surface area contributed by atoms with Crippen molar-refractivity contribution in [2.24, 2.45) is 0 Å². The lowest BCUT2D eigenvalue weighted by molar-refractivity contribution is -0.383. The quantitative estimate of drug-likeness (QED) is 0.585. The Labute approximate surface area is 160 Å². The molecule has 1 fully saturated rings. The molecule has 26 heavy (non-hydrogen) atoms. The molecular weight excluding hydrogens is 400 g/mol. The number of rotatable bonds is 5. The zero-order chi connectivity index (χ0) is 18.7. The number of nitrogens with zero attached hydrogens (tertiary/aromatic N) is 5. The van der Waals surface area contributed by atoms with Crippen LogP contribution in [-0.2, 0) is 0 Å². The number of anilines is 3. The first-order chi connectivity index (χ1) is 12.5. The van der Waals surface area contributed by atoms with Crippen LogP contribution in [-0.4, -0.2) is 52.5 Å². The number of likely N-dealkylation sites (N-methyl/N-ethyl adjacent to an activating group) is 1. The predicted octanol–water partition coefficient (Wildman–Crippen LogP) is 3.34. The first kappa shape index (κ1) is 18.5. The molecule has 1 N–H and O–H groups in total. The fourth-order valence-corrected chi connectivity index (χ4v) is 3.34. The minimum Gasteiger partial charge on any atom is -0.369 e. The minimum absolute atomic E-state index is 0.0185. The Morgan fingerprint density at radius 3 is 2.46 bits per heavy atom. The highest BCUT2D eigenvalue weighted by Crippen LogP contribution is 2.36. The highest BCUT2D eigenvalue weighted by atomic mass is 79.9. The third kappa shape index (κ3) is 3.94. The molecule has 1 aromatic heterocycles. The van der Waals surface area contributed by atoms with Gasteiger partial charge < -0.3 is 15.1 Å². The van der Waals surface area contributed by atoms with E-state index in [0.29, 0.717) is 11.6 Å². The SMILES string of the molecule is CCN1CCN(c2ccc([N+](=O)[O-])c(Nc3ncc(Br)cn3)c2C)CC1. The molecule has 1 aliphatic rings. The Kier molecular flexibility index (Phi) is 5.67. The Hall–Kier alpha value is -2.26. The molecule has 138 valence electrons.